The molecule has 1 N–H and O–H groups in total. The Morgan fingerprint density at radius 1 is 1.29 bits per heavy atom. The van der Waals surface area contributed by atoms with Crippen LogP contribution in [0, 0.1) is 5.92 Å². The van der Waals surface area contributed by atoms with Crippen LogP contribution >= 0.6 is 24.0 Å². The van der Waals surface area contributed by atoms with Crippen LogP contribution in [0.15, 0.2) is 47.7 Å². The number of hydrogen-bond donors (Lipinski definition) is 1. The van der Waals surface area contributed by atoms with Gasteiger partial charge >= 0.3 is 0 Å². The summed E-state index contributed by atoms with van der Waals surface area (Å²) in [5.41, 5.74) is 2.36. The van der Waals surface area contributed by atoms with Crippen molar-refractivity contribution < 1.29 is 4.74 Å². The van der Waals surface area contributed by atoms with E-state index in [4.69, 9.17) is 9.73 Å². The van der Waals surface area contributed by atoms with Gasteiger partial charge in [-0.3, -0.25) is 4.68 Å². The number of benzene rings is 1. The van der Waals surface area contributed by atoms with Gasteiger partial charge in [0.1, 0.15) is 0 Å². The van der Waals surface area contributed by atoms with Crippen LogP contribution in [-0.4, -0.2) is 54.0 Å². The maximum absolute atomic E-state index is 5.74. The van der Waals surface area contributed by atoms with Crippen LogP contribution in [0.1, 0.15) is 30.9 Å². The Balaban J connectivity index is 0.00000280. The number of likely N-dealkylation sites (N-methyl/N-ethyl adjacent to an activating group) is 1. The number of nitrogens with zero attached hydrogens (tertiary/aromatic N) is 4. The average Bonchev–Trinajstić information content (AvgIpc) is 3.41. The molecule has 0 spiro atoms. The molecule has 28 heavy (non-hydrogen) atoms. The summed E-state index contributed by atoms with van der Waals surface area (Å²) in [6.07, 6.45) is 6.63. The number of nitrogens with one attached hydrogen (secondary N) is 1. The lowest BCUT2D eigenvalue weighted by atomic mass is 10.2. The number of guanidine groups is 1. The van der Waals surface area contributed by atoms with Crippen molar-refractivity contribution in [3.63, 3.8) is 0 Å². The standard InChI is InChI=1S/C21H31N5O.HI/c1-3-22-21(25(2)11-12-27-17-19-9-10-19)23-13-20-14-24-26(16-20)15-18-7-5-4-6-8-18;/h4-8,14,16,19H,3,9-13,15,17H2,1-2H3,(H,22,23);1H. The minimum absolute atomic E-state index is 0. The Morgan fingerprint density at radius 2 is 2.07 bits per heavy atom. The summed E-state index contributed by atoms with van der Waals surface area (Å²) in [5, 5.41) is 7.81. The summed E-state index contributed by atoms with van der Waals surface area (Å²) in [4.78, 5) is 6.88. The van der Waals surface area contributed by atoms with E-state index in [1.165, 1.54) is 18.4 Å². The van der Waals surface area contributed by atoms with Crippen molar-refractivity contribution in [3.8, 4) is 0 Å². The van der Waals surface area contributed by atoms with Crippen molar-refractivity contribution in [2.75, 3.05) is 33.4 Å². The molecule has 1 aromatic heterocycles. The molecule has 6 nitrogen and oxygen atoms in total. The van der Waals surface area contributed by atoms with E-state index in [2.05, 4.69) is 59.7 Å². The Kier molecular flexibility index (Phi) is 9.77. The lowest BCUT2D eigenvalue weighted by molar-refractivity contribution is 0.115. The van der Waals surface area contributed by atoms with E-state index in [-0.39, 0.29) is 24.0 Å². The van der Waals surface area contributed by atoms with Gasteiger partial charge in [-0.15, -0.1) is 24.0 Å². The van der Waals surface area contributed by atoms with E-state index < -0.39 is 0 Å². The Labute approximate surface area is 185 Å². The number of aromatic nitrogens is 2. The molecule has 0 amide bonds. The molecule has 0 unspecified atom stereocenters. The van der Waals surface area contributed by atoms with Crippen molar-refractivity contribution in [1.82, 2.24) is 20.0 Å². The van der Waals surface area contributed by atoms with Crippen molar-refractivity contribution in [3.05, 3.63) is 53.9 Å². The highest BCUT2D eigenvalue weighted by atomic mass is 127. The van der Waals surface area contributed by atoms with Gasteiger partial charge in [0.05, 0.1) is 25.9 Å². The van der Waals surface area contributed by atoms with Crippen LogP contribution in [0.2, 0.25) is 0 Å². The molecular formula is C21H32IN5O. The summed E-state index contributed by atoms with van der Waals surface area (Å²) in [6, 6.07) is 10.4. The highest BCUT2D eigenvalue weighted by molar-refractivity contribution is 14.0. The van der Waals surface area contributed by atoms with Gasteiger partial charge in [0.2, 0.25) is 0 Å². The van der Waals surface area contributed by atoms with Crippen LogP contribution in [0.25, 0.3) is 0 Å². The molecule has 0 atom stereocenters. The van der Waals surface area contributed by atoms with Crippen molar-refractivity contribution in [2.45, 2.75) is 32.9 Å². The second-order valence-corrected chi connectivity index (χ2v) is 7.14. The molecule has 1 heterocycles. The molecule has 3 rings (SSSR count). The first kappa shape index (κ1) is 22.7. The average molecular weight is 497 g/mol. The van der Waals surface area contributed by atoms with Gasteiger partial charge in [0, 0.05) is 38.5 Å². The molecule has 1 aliphatic rings. The van der Waals surface area contributed by atoms with Crippen molar-refractivity contribution in [1.29, 1.82) is 0 Å². The van der Waals surface area contributed by atoms with E-state index in [0.717, 1.165) is 50.3 Å². The molecule has 0 aliphatic heterocycles. The van der Waals surface area contributed by atoms with E-state index in [1.54, 1.807) is 0 Å². The molecule has 154 valence electrons. The molecule has 2 aromatic rings. The molecule has 0 radical (unpaired) electrons. The number of rotatable bonds is 10. The largest absolute Gasteiger partial charge is 0.379 e. The minimum Gasteiger partial charge on any atom is -0.379 e. The van der Waals surface area contributed by atoms with E-state index >= 15 is 0 Å². The zero-order chi connectivity index (χ0) is 18.9. The van der Waals surface area contributed by atoms with Gasteiger partial charge in [0.15, 0.2) is 5.96 Å². The zero-order valence-corrected chi connectivity index (χ0v) is 19.2. The molecule has 1 aromatic carbocycles. The highest BCUT2D eigenvalue weighted by Crippen LogP contribution is 2.28. The SMILES string of the molecule is CCNC(=NCc1cnn(Cc2ccccc2)c1)N(C)CCOCC1CC1.I. The third-order valence-electron chi connectivity index (χ3n) is 4.60. The van der Waals surface area contributed by atoms with Crippen LogP contribution in [0.5, 0.6) is 0 Å². The monoisotopic (exact) mass is 497 g/mol. The topological polar surface area (TPSA) is 54.7 Å². The first-order valence-corrected chi connectivity index (χ1v) is 9.87. The third-order valence-corrected chi connectivity index (χ3v) is 4.60. The predicted molar refractivity (Wildman–Crippen MR) is 124 cm³/mol. The van der Waals surface area contributed by atoms with Crippen molar-refractivity contribution in [2.24, 2.45) is 10.9 Å². The van der Waals surface area contributed by atoms with Crippen LogP contribution in [0.4, 0.5) is 0 Å². The second kappa shape index (κ2) is 12.1. The van der Waals surface area contributed by atoms with E-state index in [1.807, 2.05) is 16.9 Å². The summed E-state index contributed by atoms with van der Waals surface area (Å²) >= 11 is 0. The quantitative estimate of drug-likeness (QED) is 0.237. The van der Waals surface area contributed by atoms with E-state index in [0.29, 0.717) is 6.54 Å². The number of hydrogen-bond acceptors (Lipinski definition) is 3. The van der Waals surface area contributed by atoms with Crippen LogP contribution < -0.4 is 5.32 Å². The summed E-state index contributed by atoms with van der Waals surface area (Å²) in [7, 11) is 2.06. The van der Waals surface area contributed by atoms with Crippen LogP contribution in [0.3, 0.4) is 0 Å². The molecule has 0 bridgehead atoms. The fourth-order valence-electron chi connectivity index (χ4n) is 2.82. The maximum Gasteiger partial charge on any atom is 0.194 e. The third kappa shape index (κ3) is 7.79. The number of aliphatic imine (C=N–C) groups is 1. The van der Waals surface area contributed by atoms with Crippen LogP contribution in [-0.2, 0) is 17.8 Å². The Bertz CT molecular complexity index is 715. The van der Waals surface area contributed by atoms with Gasteiger partial charge < -0.3 is 15.0 Å². The van der Waals surface area contributed by atoms with Gasteiger partial charge in [-0.25, -0.2) is 4.99 Å². The maximum atomic E-state index is 5.74. The normalized spacial score (nSPS) is 13.9. The minimum atomic E-state index is 0. The number of halogens is 1. The summed E-state index contributed by atoms with van der Waals surface area (Å²) < 4.78 is 7.70. The van der Waals surface area contributed by atoms with Gasteiger partial charge in [0.25, 0.3) is 0 Å². The summed E-state index contributed by atoms with van der Waals surface area (Å²) in [6.45, 7) is 6.82. The molecule has 0 saturated heterocycles. The Morgan fingerprint density at radius 3 is 2.79 bits per heavy atom. The molecular weight excluding hydrogens is 465 g/mol. The lowest BCUT2D eigenvalue weighted by Gasteiger charge is -2.21. The summed E-state index contributed by atoms with van der Waals surface area (Å²) in [5.74, 6) is 1.72. The van der Waals surface area contributed by atoms with E-state index in [9.17, 15) is 0 Å². The van der Waals surface area contributed by atoms with Gasteiger partial charge in [-0.2, -0.15) is 5.10 Å². The predicted octanol–water partition coefficient (Wildman–Crippen LogP) is 3.37. The first-order valence-electron chi connectivity index (χ1n) is 9.87. The molecule has 7 heteroatoms. The highest BCUT2D eigenvalue weighted by Gasteiger charge is 2.21. The van der Waals surface area contributed by atoms with Gasteiger partial charge in [-0.05, 0) is 31.2 Å². The smallest absolute Gasteiger partial charge is 0.194 e. The second-order valence-electron chi connectivity index (χ2n) is 7.14. The Hall–Kier alpha value is -1.61. The first-order chi connectivity index (χ1) is 13.2. The molecule has 1 saturated carbocycles. The molecule has 1 aliphatic carbocycles. The van der Waals surface area contributed by atoms with Crippen molar-refractivity contribution >= 4 is 29.9 Å². The molecule has 1 fully saturated rings. The lowest BCUT2D eigenvalue weighted by Crippen LogP contribution is -2.40. The fraction of sp³-hybridized carbons (Fsp3) is 0.524. The fourth-order valence-corrected chi connectivity index (χ4v) is 2.82. The number of ether oxygens (including phenoxy) is 1. The zero-order valence-electron chi connectivity index (χ0n) is 16.9. The van der Waals surface area contributed by atoms with Gasteiger partial charge in [-0.1, -0.05) is 30.3 Å².